The molecule has 0 spiro atoms. The van der Waals surface area contributed by atoms with Crippen molar-refractivity contribution in [1.29, 1.82) is 0 Å². The molecule has 0 aliphatic heterocycles. The Bertz CT molecular complexity index is 661. The van der Waals surface area contributed by atoms with E-state index in [-0.39, 0.29) is 10.4 Å². The quantitative estimate of drug-likeness (QED) is 0.519. The van der Waals surface area contributed by atoms with Crippen molar-refractivity contribution >= 4 is 71.0 Å². The van der Waals surface area contributed by atoms with Crippen molar-refractivity contribution in [3.63, 3.8) is 0 Å². The number of aromatic nitrogens is 1. The lowest BCUT2D eigenvalue weighted by molar-refractivity contribution is 0.555. The maximum atomic E-state index is 11.7. The molecule has 1 heterocycles. The fraction of sp³-hybridized carbons (Fsp3) is 0. The van der Waals surface area contributed by atoms with Gasteiger partial charge in [-0.1, -0.05) is 0 Å². The molecular weight excluding hydrogens is 414 g/mol. The lowest BCUT2D eigenvalue weighted by atomic mass is 10.2. The maximum absolute atomic E-state index is 11.7. The lowest BCUT2D eigenvalue weighted by Crippen LogP contribution is -2.06. The Balaban J connectivity index is 3.17. The summed E-state index contributed by atoms with van der Waals surface area (Å²) in [7, 11) is 0. The molecular formula is C8H2Br3NO2S. The van der Waals surface area contributed by atoms with Crippen molar-refractivity contribution in [2.24, 2.45) is 0 Å². The van der Waals surface area contributed by atoms with Crippen molar-refractivity contribution in [3.8, 4) is 0 Å². The summed E-state index contributed by atoms with van der Waals surface area (Å²) in [6.07, 6.45) is 0. The molecule has 0 saturated carbocycles. The van der Waals surface area contributed by atoms with Gasteiger partial charge < -0.3 is 4.42 Å². The molecule has 0 unspecified atom stereocenters. The second-order valence-electron chi connectivity index (χ2n) is 2.70. The molecule has 0 radical (unpaired) electrons. The van der Waals surface area contributed by atoms with E-state index in [2.05, 4.69) is 52.8 Å². The number of nitrogens with one attached hydrogen (secondary N) is 1. The first-order valence-electron chi connectivity index (χ1n) is 3.71. The van der Waals surface area contributed by atoms with Gasteiger partial charge in [-0.2, -0.15) is 0 Å². The van der Waals surface area contributed by atoms with Crippen molar-refractivity contribution in [1.82, 2.24) is 4.98 Å². The Labute approximate surface area is 114 Å². The highest BCUT2D eigenvalue weighted by Gasteiger charge is 2.12. The molecule has 15 heavy (non-hydrogen) atoms. The predicted octanol–water partition coefficient (Wildman–Crippen LogP) is 4.14. The number of hydrogen-bond donors (Lipinski definition) is 1. The van der Waals surface area contributed by atoms with Crippen LogP contribution in [0.3, 0.4) is 0 Å². The van der Waals surface area contributed by atoms with E-state index in [1.165, 1.54) is 0 Å². The first kappa shape index (κ1) is 11.5. The van der Waals surface area contributed by atoms with Gasteiger partial charge in [-0.15, -0.1) is 0 Å². The summed E-state index contributed by atoms with van der Waals surface area (Å²) in [4.78, 5) is 14.2. The number of halogens is 3. The molecule has 0 aliphatic rings. The van der Waals surface area contributed by atoms with E-state index in [0.29, 0.717) is 19.9 Å². The first-order chi connectivity index (χ1) is 7.00. The van der Waals surface area contributed by atoms with Gasteiger partial charge in [0.05, 0.1) is 9.86 Å². The summed E-state index contributed by atoms with van der Waals surface area (Å²) < 4.78 is 7.34. The number of fused-ring (bicyclic) bond motifs is 1. The third-order valence-electron chi connectivity index (χ3n) is 1.76. The number of hydrogen-bond acceptors (Lipinski definition) is 3. The molecule has 0 aliphatic carbocycles. The standard InChI is InChI=1S/C8H2Br3NO2S/c9-2-1-3(10)6-4(5(2)11)7(13)12-8(15)14-6/h1H,(H,12,13,15). The molecule has 0 amide bonds. The summed E-state index contributed by atoms with van der Waals surface area (Å²) in [5.74, 6) is 0. The van der Waals surface area contributed by atoms with E-state index >= 15 is 0 Å². The SMILES string of the molecule is O=c1[nH]c(=S)oc2c(Br)cc(Br)c(Br)c12. The normalized spacial score (nSPS) is 10.9. The lowest BCUT2D eigenvalue weighted by Gasteiger charge is -2.03. The molecule has 2 rings (SSSR count). The van der Waals surface area contributed by atoms with Gasteiger partial charge in [0, 0.05) is 8.95 Å². The van der Waals surface area contributed by atoms with Crippen LogP contribution in [0.1, 0.15) is 0 Å². The van der Waals surface area contributed by atoms with Crippen LogP contribution >= 0.6 is 60.0 Å². The molecule has 0 saturated heterocycles. The molecule has 2 aromatic rings. The van der Waals surface area contributed by atoms with Crippen molar-refractivity contribution in [3.05, 3.63) is 34.7 Å². The van der Waals surface area contributed by atoms with E-state index in [1.807, 2.05) is 0 Å². The average molecular weight is 416 g/mol. The second-order valence-corrected chi connectivity index (χ2v) is 5.57. The molecule has 0 atom stereocenters. The Hall–Kier alpha value is 0.0200. The van der Waals surface area contributed by atoms with Gasteiger partial charge in [0.2, 0.25) is 0 Å². The summed E-state index contributed by atoms with van der Waals surface area (Å²) in [5, 5.41) is 0.421. The van der Waals surface area contributed by atoms with Gasteiger partial charge in [0.25, 0.3) is 10.4 Å². The molecule has 3 nitrogen and oxygen atoms in total. The molecule has 7 heteroatoms. The van der Waals surface area contributed by atoms with Crippen molar-refractivity contribution in [2.75, 3.05) is 0 Å². The van der Waals surface area contributed by atoms with Gasteiger partial charge in [-0.05, 0) is 66.1 Å². The zero-order chi connectivity index (χ0) is 11.2. The van der Waals surface area contributed by atoms with Crippen LogP contribution in [0.4, 0.5) is 0 Å². The Morgan fingerprint density at radius 3 is 2.60 bits per heavy atom. The maximum Gasteiger partial charge on any atom is 0.269 e. The van der Waals surface area contributed by atoms with Crippen LogP contribution in [0.15, 0.2) is 28.7 Å². The van der Waals surface area contributed by atoms with E-state index in [4.69, 9.17) is 16.6 Å². The van der Waals surface area contributed by atoms with E-state index in [0.717, 1.165) is 4.47 Å². The fourth-order valence-corrected chi connectivity index (χ4v) is 3.05. The zero-order valence-electron chi connectivity index (χ0n) is 6.94. The molecule has 0 fully saturated rings. The molecule has 1 N–H and O–H groups in total. The average Bonchev–Trinajstić information content (AvgIpc) is 2.13. The van der Waals surface area contributed by atoms with Gasteiger partial charge in [0.15, 0.2) is 5.58 Å². The monoisotopic (exact) mass is 413 g/mol. The van der Waals surface area contributed by atoms with Gasteiger partial charge >= 0.3 is 0 Å². The second kappa shape index (κ2) is 4.12. The summed E-state index contributed by atoms with van der Waals surface area (Å²) in [6.45, 7) is 0. The molecule has 1 aromatic carbocycles. The smallest absolute Gasteiger partial charge is 0.269 e. The molecule has 0 bridgehead atoms. The van der Waals surface area contributed by atoms with Crippen LogP contribution < -0.4 is 5.56 Å². The Morgan fingerprint density at radius 2 is 1.93 bits per heavy atom. The summed E-state index contributed by atoms with van der Waals surface area (Å²) >= 11 is 14.7. The highest BCUT2D eigenvalue weighted by atomic mass is 79.9. The predicted molar refractivity (Wildman–Crippen MR) is 70.8 cm³/mol. The van der Waals surface area contributed by atoms with Crippen LogP contribution in [0.2, 0.25) is 0 Å². The third-order valence-corrected chi connectivity index (χ3v) is 4.52. The summed E-state index contributed by atoms with van der Waals surface area (Å²) in [5.41, 5.74) is 0.147. The Kier molecular flexibility index (Phi) is 3.16. The van der Waals surface area contributed by atoms with E-state index in [1.54, 1.807) is 6.07 Å². The van der Waals surface area contributed by atoms with Crippen molar-refractivity contribution in [2.45, 2.75) is 0 Å². The number of H-pyrrole nitrogens is 1. The first-order valence-corrected chi connectivity index (χ1v) is 6.50. The van der Waals surface area contributed by atoms with E-state index < -0.39 is 0 Å². The molecule has 1 aromatic heterocycles. The zero-order valence-corrected chi connectivity index (χ0v) is 12.5. The number of rotatable bonds is 0. The van der Waals surface area contributed by atoms with E-state index in [9.17, 15) is 4.79 Å². The minimum Gasteiger partial charge on any atom is -0.430 e. The van der Waals surface area contributed by atoms with Gasteiger partial charge in [-0.3, -0.25) is 9.78 Å². The largest absolute Gasteiger partial charge is 0.430 e. The van der Waals surface area contributed by atoms with Gasteiger partial charge in [0.1, 0.15) is 0 Å². The van der Waals surface area contributed by atoms with Crippen LogP contribution in [-0.4, -0.2) is 4.98 Å². The summed E-state index contributed by atoms with van der Waals surface area (Å²) in [6, 6.07) is 1.78. The molecule has 78 valence electrons. The van der Waals surface area contributed by atoms with Crippen LogP contribution in [-0.2, 0) is 0 Å². The van der Waals surface area contributed by atoms with Crippen LogP contribution in [0.5, 0.6) is 0 Å². The Morgan fingerprint density at radius 1 is 1.27 bits per heavy atom. The fourth-order valence-electron chi connectivity index (χ4n) is 1.15. The van der Waals surface area contributed by atoms with Crippen molar-refractivity contribution < 1.29 is 4.42 Å². The van der Waals surface area contributed by atoms with Gasteiger partial charge in [-0.25, -0.2) is 0 Å². The van der Waals surface area contributed by atoms with Crippen LogP contribution in [0.25, 0.3) is 11.0 Å². The highest BCUT2D eigenvalue weighted by Crippen LogP contribution is 2.34. The topological polar surface area (TPSA) is 46.0 Å². The minimum atomic E-state index is -0.282. The number of aromatic amines is 1. The third kappa shape index (κ3) is 1.98. The number of benzene rings is 1. The van der Waals surface area contributed by atoms with Crippen LogP contribution in [0, 0.1) is 4.84 Å². The highest BCUT2D eigenvalue weighted by molar-refractivity contribution is 9.13. The minimum absolute atomic E-state index is 0.0578.